The molecule has 0 amide bonds. The van der Waals surface area contributed by atoms with Gasteiger partial charge in [-0.3, -0.25) is 0 Å². The molecule has 1 heterocycles. The predicted octanol–water partition coefficient (Wildman–Crippen LogP) is 1.69. The van der Waals surface area contributed by atoms with Crippen LogP contribution < -0.4 is 5.32 Å². The van der Waals surface area contributed by atoms with Crippen molar-refractivity contribution in [3.63, 3.8) is 0 Å². The van der Waals surface area contributed by atoms with Crippen LogP contribution in [0.5, 0.6) is 0 Å². The standard InChI is InChI=1S/C13H25NO2/c1-10-11(7-8-16-10)9-14-12-5-3-2-4-6-13(12)15/h10-15H,2-9H2,1H3. The van der Waals surface area contributed by atoms with E-state index in [2.05, 4.69) is 12.2 Å². The Morgan fingerprint density at radius 3 is 2.75 bits per heavy atom. The van der Waals surface area contributed by atoms with E-state index < -0.39 is 0 Å². The molecule has 0 bridgehead atoms. The normalized spacial score (nSPS) is 40.9. The van der Waals surface area contributed by atoms with Gasteiger partial charge < -0.3 is 15.2 Å². The summed E-state index contributed by atoms with van der Waals surface area (Å²) in [7, 11) is 0. The number of ether oxygens (including phenoxy) is 1. The number of aliphatic hydroxyl groups excluding tert-OH is 1. The highest BCUT2D eigenvalue weighted by Crippen LogP contribution is 2.22. The van der Waals surface area contributed by atoms with E-state index >= 15 is 0 Å². The van der Waals surface area contributed by atoms with Gasteiger partial charge in [0.15, 0.2) is 0 Å². The lowest BCUT2D eigenvalue weighted by Crippen LogP contribution is -2.42. The maximum absolute atomic E-state index is 10.00. The first-order valence-corrected chi connectivity index (χ1v) is 6.80. The Bertz CT molecular complexity index is 210. The van der Waals surface area contributed by atoms with Crippen molar-refractivity contribution < 1.29 is 9.84 Å². The highest BCUT2D eigenvalue weighted by molar-refractivity contribution is 4.82. The molecule has 1 saturated heterocycles. The third-order valence-corrected chi connectivity index (χ3v) is 4.15. The lowest BCUT2D eigenvalue weighted by atomic mass is 10.0. The summed E-state index contributed by atoms with van der Waals surface area (Å²) in [4.78, 5) is 0. The van der Waals surface area contributed by atoms with Crippen molar-refractivity contribution in [2.75, 3.05) is 13.2 Å². The highest BCUT2D eigenvalue weighted by Gasteiger charge is 2.27. The van der Waals surface area contributed by atoms with Crippen molar-refractivity contribution in [2.24, 2.45) is 5.92 Å². The third-order valence-electron chi connectivity index (χ3n) is 4.15. The molecule has 0 aromatic rings. The Labute approximate surface area is 98.6 Å². The van der Waals surface area contributed by atoms with Gasteiger partial charge in [-0.2, -0.15) is 0 Å². The summed E-state index contributed by atoms with van der Waals surface area (Å²) < 4.78 is 5.55. The Morgan fingerprint density at radius 1 is 1.19 bits per heavy atom. The van der Waals surface area contributed by atoms with E-state index in [-0.39, 0.29) is 6.10 Å². The van der Waals surface area contributed by atoms with Crippen molar-refractivity contribution in [1.29, 1.82) is 0 Å². The van der Waals surface area contributed by atoms with Crippen molar-refractivity contribution in [3.8, 4) is 0 Å². The van der Waals surface area contributed by atoms with E-state index in [1.165, 1.54) is 19.3 Å². The fourth-order valence-electron chi connectivity index (χ4n) is 2.87. The molecule has 0 spiro atoms. The maximum Gasteiger partial charge on any atom is 0.0693 e. The van der Waals surface area contributed by atoms with Crippen molar-refractivity contribution in [2.45, 2.75) is 63.7 Å². The molecule has 1 aliphatic carbocycles. The van der Waals surface area contributed by atoms with Gasteiger partial charge >= 0.3 is 0 Å². The zero-order chi connectivity index (χ0) is 11.4. The second kappa shape index (κ2) is 5.99. The summed E-state index contributed by atoms with van der Waals surface area (Å²) in [6.45, 7) is 4.06. The average Bonchev–Trinajstić information content (AvgIpc) is 2.56. The first kappa shape index (κ1) is 12.3. The molecule has 2 fully saturated rings. The second-order valence-corrected chi connectivity index (χ2v) is 5.34. The van der Waals surface area contributed by atoms with E-state index in [1.807, 2.05) is 0 Å². The van der Waals surface area contributed by atoms with Gasteiger partial charge in [0.2, 0.25) is 0 Å². The zero-order valence-electron chi connectivity index (χ0n) is 10.3. The largest absolute Gasteiger partial charge is 0.392 e. The molecular formula is C13H25NO2. The molecule has 3 heteroatoms. The van der Waals surface area contributed by atoms with Gasteiger partial charge in [0, 0.05) is 19.2 Å². The molecule has 0 aromatic carbocycles. The first-order chi connectivity index (χ1) is 7.77. The van der Waals surface area contributed by atoms with Crippen LogP contribution in [0.25, 0.3) is 0 Å². The SMILES string of the molecule is CC1OCCC1CNC1CCCCCC1O. The minimum Gasteiger partial charge on any atom is -0.392 e. The summed E-state index contributed by atoms with van der Waals surface area (Å²) in [5.74, 6) is 0.635. The molecule has 94 valence electrons. The molecule has 1 aliphatic heterocycles. The molecule has 1 saturated carbocycles. The van der Waals surface area contributed by atoms with Gasteiger partial charge in [0.1, 0.15) is 0 Å². The van der Waals surface area contributed by atoms with Crippen LogP contribution in [0.3, 0.4) is 0 Å². The topological polar surface area (TPSA) is 41.5 Å². The Morgan fingerprint density at radius 2 is 2.00 bits per heavy atom. The van der Waals surface area contributed by atoms with E-state index in [1.54, 1.807) is 0 Å². The number of rotatable bonds is 3. The summed E-state index contributed by atoms with van der Waals surface area (Å²) in [5.41, 5.74) is 0. The minimum atomic E-state index is -0.139. The zero-order valence-corrected chi connectivity index (χ0v) is 10.3. The van der Waals surface area contributed by atoms with Crippen LogP contribution in [0.2, 0.25) is 0 Å². The van der Waals surface area contributed by atoms with E-state index in [0.29, 0.717) is 18.1 Å². The molecule has 4 atom stereocenters. The first-order valence-electron chi connectivity index (χ1n) is 6.80. The molecule has 16 heavy (non-hydrogen) atoms. The van der Waals surface area contributed by atoms with E-state index in [9.17, 15) is 5.11 Å². The Balaban J connectivity index is 1.75. The van der Waals surface area contributed by atoms with Crippen molar-refractivity contribution >= 4 is 0 Å². The molecule has 4 unspecified atom stereocenters. The van der Waals surface area contributed by atoms with Gasteiger partial charge in [-0.1, -0.05) is 19.3 Å². The summed E-state index contributed by atoms with van der Waals surface area (Å²) in [6, 6.07) is 0.315. The van der Waals surface area contributed by atoms with Gasteiger partial charge in [-0.15, -0.1) is 0 Å². The van der Waals surface area contributed by atoms with Crippen LogP contribution in [0.1, 0.15) is 45.4 Å². The lowest BCUT2D eigenvalue weighted by molar-refractivity contribution is 0.0945. The maximum atomic E-state index is 10.00. The molecule has 2 aliphatic rings. The number of nitrogens with one attached hydrogen (secondary N) is 1. The molecular weight excluding hydrogens is 202 g/mol. The lowest BCUT2D eigenvalue weighted by Gasteiger charge is -2.24. The van der Waals surface area contributed by atoms with Crippen LogP contribution in [-0.2, 0) is 4.74 Å². The van der Waals surface area contributed by atoms with Crippen LogP contribution in [-0.4, -0.2) is 36.5 Å². The van der Waals surface area contributed by atoms with Crippen LogP contribution in [0.4, 0.5) is 0 Å². The molecule has 0 radical (unpaired) electrons. The van der Waals surface area contributed by atoms with Crippen LogP contribution in [0.15, 0.2) is 0 Å². The fourth-order valence-corrected chi connectivity index (χ4v) is 2.87. The number of aliphatic hydroxyl groups is 1. The molecule has 2 N–H and O–H groups in total. The van der Waals surface area contributed by atoms with E-state index in [0.717, 1.165) is 32.4 Å². The van der Waals surface area contributed by atoms with Crippen molar-refractivity contribution in [1.82, 2.24) is 5.32 Å². The highest BCUT2D eigenvalue weighted by atomic mass is 16.5. The monoisotopic (exact) mass is 227 g/mol. The summed E-state index contributed by atoms with van der Waals surface area (Å²) in [6.07, 6.45) is 7.22. The third kappa shape index (κ3) is 3.19. The average molecular weight is 227 g/mol. The summed E-state index contributed by atoms with van der Waals surface area (Å²) in [5, 5.41) is 13.5. The fraction of sp³-hybridized carbons (Fsp3) is 1.00. The molecule has 3 nitrogen and oxygen atoms in total. The minimum absolute atomic E-state index is 0.139. The van der Waals surface area contributed by atoms with Gasteiger partial charge in [0.05, 0.1) is 12.2 Å². The van der Waals surface area contributed by atoms with Crippen LogP contribution >= 0.6 is 0 Å². The van der Waals surface area contributed by atoms with Gasteiger partial charge in [-0.25, -0.2) is 0 Å². The second-order valence-electron chi connectivity index (χ2n) is 5.34. The van der Waals surface area contributed by atoms with Gasteiger partial charge in [0.25, 0.3) is 0 Å². The van der Waals surface area contributed by atoms with E-state index in [4.69, 9.17) is 4.74 Å². The summed E-state index contributed by atoms with van der Waals surface area (Å²) >= 11 is 0. The smallest absolute Gasteiger partial charge is 0.0693 e. The van der Waals surface area contributed by atoms with Gasteiger partial charge in [-0.05, 0) is 32.1 Å². The quantitative estimate of drug-likeness (QED) is 0.721. The number of hydrogen-bond acceptors (Lipinski definition) is 3. The number of hydrogen-bond donors (Lipinski definition) is 2. The predicted molar refractivity (Wildman–Crippen MR) is 64.4 cm³/mol. The molecule has 0 aromatic heterocycles. The Kier molecular flexibility index (Phi) is 4.62. The van der Waals surface area contributed by atoms with Crippen LogP contribution in [0, 0.1) is 5.92 Å². The Hall–Kier alpha value is -0.120. The van der Waals surface area contributed by atoms with Crippen molar-refractivity contribution in [3.05, 3.63) is 0 Å². The molecule has 2 rings (SSSR count).